The zero-order chi connectivity index (χ0) is 12.8. The van der Waals surface area contributed by atoms with Crippen LogP contribution in [0.15, 0.2) is 0 Å². The molecule has 0 spiro atoms. The molecule has 0 aromatic heterocycles. The molecule has 2 fully saturated rings. The van der Waals surface area contributed by atoms with Crippen LogP contribution in [0, 0.1) is 11.8 Å². The van der Waals surface area contributed by atoms with Crippen LogP contribution in [0.25, 0.3) is 0 Å². The Morgan fingerprint density at radius 2 is 1.88 bits per heavy atom. The van der Waals surface area contributed by atoms with E-state index in [4.69, 9.17) is 4.74 Å². The molecule has 0 bridgehead atoms. The summed E-state index contributed by atoms with van der Waals surface area (Å²) in [6.07, 6.45) is -0.658. The van der Waals surface area contributed by atoms with Gasteiger partial charge >= 0.3 is 12.1 Å². The number of carbonyl (C=O) groups is 2. The van der Waals surface area contributed by atoms with Crippen LogP contribution in [0.1, 0.15) is 20.8 Å². The van der Waals surface area contributed by atoms with Crippen molar-refractivity contribution in [3.8, 4) is 0 Å². The van der Waals surface area contributed by atoms with Gasteiger partial charge in [0.2, 0.25) is 0 Å². The Bertz CT molecular complexity index is 351. The van der Waals surface area contributed by atoms with E-state index in [1.54, 1.807) is 20.8 Å². The lowest BCUT2D eigenvalue weighted by atomic mass is 10.1. The fourth-order valence-corrected chi connectivity index (χ4v) is 2.57. The minimum atomic E-state index is -1.12. The molecule has 3 N–H and O–H groups in total. The Morgan fingerprint density at radius 3 is 2.29 bits per heavy atom. The Balaban J connectivity index is 2.02. The van der Waals surface area contributed by atoms with Crippen molar-refractivity contribution in [2.24, 2.45) is 11.8 Å². The summed E-state index contributed by atoms with van der Waals surface area (Å²) in [6.45, 7) is 6.50. The molecule has 6 heteroatoms. The zero-order valence-corrected chi connectivity index (χ0v) is 10.2. The number of ether oxygens (including phenoxy) is 1. The summed E-state index contributed by atoms with van der Waals surface area (Å²) < 4.78 is 5.10. The second-order valence-electron chi connectivity index (χ2n) is 5.67. The number of piperidine rings is 1. The van der Waals surface area contributed by atoms with Gasteiger partial charge in [0, 0.05) is 24.9 Å². The van der Waals surface area contributed by atoms with Gasteiger partial charge < -0.3 is 20.5 Å². The molecule has 0 aromatic carbocycles. The number of hydrogen-bond acceptors (Lipinski definition) is 4. The van der Waals surface area contributed by atoms with Crippen molar-refractivity contribution >= 4 is 12.1 Å². The van der Waals surface area contributed by atoms with Crippen LogP contribution in [-0.2, 0) is 9.53 Å². The maximum atomic E-state index is 11.6. The highest BCUT2D eigenvalue weighted by molar-refractivity contribution is 5.89. The lowest BCUT2D eigenvalue weighted by Gasteiger charge is -2.23. The smallest absolute Gasteiger partial charge is 0.408 e. The summed E-state index contributed by atoms with van der Waals surface area (Å²) in [5.41, 5.74) is -1.74. The van der Waals surface area contributed by atoms with Crippen LogP contribution in [0.2, 0.25) is 0 Å². The average Bonchev–Trinajstić information content (AvgIpc) is 2.56. The number of aliphatic carboxylic acids is 1. The molecule has 2 rings (SSSR count). The highest BCUT2D eigenvalue weighted by atomic mass is 16.6. The number of fused-ring (bicyclic) bond motifs is 1. The van der Waals surface area contributed by atoms with E-state index in [-0.39, 0.29) is 11.8 Å². The van der Waals surface area contributed by atoms with Crippen LogP contribution >= 0.6 is 0 Å². The summed E-state index contributed by atoms with van der Waals surface area (Å²) >= 11 is 0. The molecule has 1 saturated heterocycles. The third kappa shape index (κ3) is 1.97. The maximum Gasteiger partial charge on any atom is 0.408 e. The summed E-state index contributed by atoms with van der Waals surface area (Å²) in [6, 6.07) is 0. The Morgan fingerprint density at radius 1 is 1.35 bits per heavy atom. The maximum absolute atomic E-state index is 11.6. The first-order valence-electron chi connectivity index (χ1n) is 5.72. The molecule has 17 heavy (non-hydrogen) atoms. The first-order chi connectivity index (χ1) is 7.77. The van der Waals surface area contributed by atoms with Crippen molar-refractivity contribution in [1.29, 1.82) is 0 Å². The highest BCUT2D eigenvalue weighted by Crippen LogP contribution is 2.52. The summed E-state index contributed by atoms with van der Waals surface area (Å²) in [4.78, 5) is 22.9. The lowest BCUT2D eigenvalue weighted by molar-refractivity contribution is -0.141. The van der Waals surface area contributed by atoms with E-state index in [1.165, 1.54) is 0 Å². The van der Waals surface area contributed by atoms with Gasteiger partial charge in [0.15, 0.2) is 0 Å². The zero-order valence-electron chi connectivity index (χ0n) is 10.2. The van der Waals surface area contributed by atoms with E-state index in [2.05, 4.69) is 10.6 Å². The normalized spacial score (nSPS) is 35.0. The molecule has 1 aliphatic heterocycles. The number of rotatable bonds is 2. The molecule has 96 valence electrons. The van der Waals surface area contributed by atoms with Crippen LogP contribution in [-0.4, -0.2) is 41.4 Å². The molecular weight excluding hydrogens is 224 g/mol. The second-order valence-corrected chi connectivity index (χ2v) is 5.67. The predicted molar refractivity (Wildman–Crippen MR) is 59.6 cm³/mol. The topological polar surface area (TPSA) is 87.7 Å². The molecule has 1 amide bonds. The first kappa shape index (κ1) is 12.2. The summed E-state index contributed by atoms with van der Waals surface area (Å²) in [5.74, 6) is -1.01. The van der Waals surface area contributed by atoms with E-state index in [9.17, 15) is 14.7 Å². The summed E-state index contributed by atoms with van der Waals surface area (Å²) in [7, 11) is 0. The lowest BCUT2D eigenvalue weighted by Crippen LogP contribution is -2.50. The Kier molecular flexibility index (Phi) is 2.57. The fraction of sp³-hybridized carbons (Fsp3) is 0.818. The van der Waals surface area contributed by atoms with Crippen molar-refractivity contribution in [1.82, 2.24) is 10.6 Å². The van der Waals surface area contributed by atoms with Gasteiger partial charge in [0.25, 0.3) is 0 Å². The van der Waals surface area contributed by atoms with Gasteiger partial charge in [0.05, 0.1) is 0 Å². The van der Waals surface area contributed by atoms with Crippen LogP contribution in [0.4, 0.5) is 4.79 Å². The van der Waals surface area contributed by atoms with Gasteiger partial charge in [-0.3, -0.25) is 0 Å². The molecule has 2 unspecified atom stereocenters. The Labute approximate surface area is 99.7 Å². The van der Waals surface area contributed by atoms with Crippen molar-refractivity contribution in [3.63, 3.8) is 0 Å². The van der Waals surface area contributed by atoms with Crippen molar-refractivity contribution < 1.29 is 19.4 Å². The summed E-state index contributed by atoms with van der Waals surface area (Å²) in [5, 5.41) is 14.9. The standard InChI is InChI=1S/C11H18N2O4/c1-10(2,3)17-9(16)13-11(8(14)15)6-4-12-5-7(6)11/h6-7,12H,4-5H2,1-3H3,(H,13,16)(H,14,15). The van der Waals surface area contributed by atoms with Crippen molar-refractivity contribution in [3.05, 3.63) is 0 Å². The molecule has 0 aromatic rings. The monoisotopic (exact) mass is 242 g/mol. The minimum absolute atomic E-state index is 0.0208. The molecule has 0 radical (unpaired) electrons. The third-order valence-electron chi connectivity index (χ3n) is 3.34. The van der Waals surface area contributed by atoms with Crippen LogP contribution in [0.5, 0.6) is 0 Å². The van der Waals surface area contributed by atoms with E-state index in [0.717, 1.165) is 0 Å². The molecule has 1 saturated carbocycles. The van der Waals surface area contributed by atoms with Gasteiger partial charge in [0.1, 0.15) is 11.1 Å². The van der Waals surface area contributed by atoms with Gasteiger partial charge in [-0.25, -0.2) is 9.59 Å². The molecule has 1 aliphatic carbocycles. The molecular formula is C11H18N2O4. The largest absolute Gasteiger partial charge is 0.479 e. The number of amides is 1. The van der Waals surface area contributed by atoms with Crippen molar-refractivity contribution in [2.45, 2.75) is 31.9 Å². The van der Waals surface area contributed by atoms with Gasteiger partial charge in [-0.15, -0.1) is 0 Å². The predicted octanol–water partition coefficient (Wildman–Crippen LogP) is 0.184. The van der Waals surface area contributed by atoms with Crippen LogP contribution < -0.4 is 10.6 Å². The molecule has 2 atom stereocenters. The van der Waals surface area contributed by atoms with Crippen molar-refractivity contribution in [2.75, 3.05) is 13.1 Å². The van der Waals surface area contributed by atoms with Gasteiger partial charge in [-0.1, -0.05) is 0 Å². The molecule has 1 heterocycles. The Hall–Kier alpha value is -1.30. The second kappa shape index (κ2) is 3.60. The van der Waals surface area contributed by atoms with E-state index in [0.29, 0.717) is 13.1 Å². The number of carbonyl (C=O) groups excluding carboxylic acids is 1. The van der Waals surface area contributed by atoms with Gasteiger partial charge in [-0.2, -0.15) is 0 Å². The number of alkyl carbamates (subject to hydrolysis) is 1. The highest BCUT2D eigenvalue weighted by Gasteiger charge is 2.72. The fourth-order valence-electron chi connectivity index (χ4n) is 2.57. The number of nitrogens with one attached hydrogen (secondary N) is 2. The van der Waals surface area contributed by atoms with Crippen LogP contribution in [0.3, 0.4) is 0 Å². The van der Waals surface area contributed by atoms with E-state index < -0.39 is 23.2 Å². The average molecular weight is 242 g/mol. The minimum Gasteiger partial charge on any atom is -0.479 e. The number of carboxylic acids is 1. The third-order valence-corrected chi connectivity index (χ3v) is 3.34. The van der Waals surface area contributed by atoms with Gasteiger partial charge in [-0.05, 0) is 20.8 Å². The molecule has 2 aliphatic rings. The molecule has 6 nitrogen and oxygen atoms in total. The number of carboxylic acid groups (broad SMARTS) is 1. The first-order valence-corrected chi connectivity index (χ1v) is 5.72. The van der Waals surface area contributed by atoms with E-state index >= 15 is 0 Å². The SMILES string of the molecule is CC(C)(C)OC(=O)NC1(C(=O)O)C2CNCC21. The quantitative estimate of drug-likeness (QED) is 0.643. The van der Waals surface area contributed by atoms with E-state index in [1.807, 2.05) is 0 Å². The number of hydrogen-bond donors (Lipinski definition) is 3.